The van der Waals surface area contributed by atoms with Crippen LogP contribution in [0.4, 0.5) is 4.79 Å². The Balaban J connectivity index is 1.73. The van der Waals surface area contributed by atoms with Crippen molar-refractivity contribution in [2.24, 2.45) is 10.1 Å². The number of carbonyl (C=O) groups is 1. The number of hydrazone groups is 1. The molecule has 2 aliphatic rings. The number of halogens is 1. The number of nitrogens with zero attached hydrogens (tertiary/aromatic N) is 3. The number of benzene rings is 2. The fourth-order valence-electron chi connectivity index (χ4n) is 3.34. The molecule has 2 aliphatic heterocycles. The molecule has 0 saturated heterocycles. The number of aliphatic hydroxyl groups is 1. The fraction of sp³-hybridized carbons (Fsp3) is 0.250. The third-order valence-electron chi connectivity index (χ3n) is 4.64. The van der Waals surface area contributed by atoms with Crippen molar-refractivity contribution in [2.45, 2.75) is 24.1 Å². The van der Waals surface area contributed by atoms with Crippen LogP contribution >= 0.6 is 23.4 Å². The summed E-state index contributed by atoms with van der Waals surface area (Å²) < 4.78 is 0. The van der Waals surface area contributed by atoms with Crippen LogP contribution in [0, 0.1) is 0 Å². The van der Waals surface area contributed by atoms with Crippen molar-refractivity contribution < 1.29 is 9.90 Å². The van der Waals surface area contributed by atoms with Crippen molar-refractivity contribution in [1.29, 1.82) is 0 Å². The minimum atomic E-state index is -0.235. The molecule has 0 saturated carbocycles. The van der Waals surface area contributed by atoms with Gasteiger partial charge >= 0.3 is 5.24 Å². The molecule has 0 fully saturated rings. The molecule has 0 aliphatic carbocycles. The molecule has 0 unspecified atom stereocenters. The molecule has 27 heavy (non-hydrogen) atoms. The van der Waals surface area contributed by atoms with E-state index in [1.165, 1.54) is 0 Å². The highest BCUT2D eigenvalue weighted by molar-refractivity contribution is 8.15. The number of amidine groups is 1. The predicted molar refractivity (Wildman–Crippen MR) is 110 cm³/mol. The van der Waals surface area contributed by atoms with Gasteiger partial charge in [-0.05, 0) is 29.7 Å². The van der Waals surface area contributed by atoms with E-state index < -0.39 is 0 Å². The van der Waals surface area contributed by atoms with Gasteiger partial charge in [-0.25, -0.2) is 5.01 Å². The quantitative estimate of drug-likeness (QED) is 0.821. The number of thioether (sulfide) groups is 1. The molecule has 0 aromatic heterocycles. The summed E-state index contributed by atoms with van der Waals surface area (Å²) in [5.74, 6) is 0.616. The Labute approximate surface area is 166 Å². The first-order valence-corrected chi connectivity index (χ1v) is 9.99. The van der Waals surface area contributed by atoms with Crippen LogP contribution in [0.1, 0.15) is 30.0 Å². The number of amides is 1. The summed E-state index contributed by atoms with van der Waals surface area (Å²) in [6.07, 6.45) is 1.17. The summed E-state index contributed by atoms with van der Waals surface area (Å²) in [6.45, 7) is -0.00131. The van der Waals surface area contributed by atoms with Gasteiger partial charge in [0.05, 0.1) is 17.0 Å². The smallest absolute Gasteiger partial charge is 0.307 e. The number of rotatable bonds is 4. The van der Waals surface area contributed by atoms with E-state index in [2.05, 4.69) is 4.99 Å². The van der Waals surface area contributed by atoms with Gasteiger partial charge in [0.25, 0.3) is 0 Å². The molecule has 2 heterocycles. The van der Waals surface area contributed by atoms with Crippen LogP contribution < -0.4 is 0 Å². The first-order chi connectivity index (χ1) is 13.2. The fourth-order valence-corrected chi connectivity index (χ4v) is 4.35. The lowest BCUT2D eigenvalue weighted by molar-refractivity contribution is 0.267. The zero-order valence-electron chi connectivity index (χ0n) is 14.5. The minimum absolute atomic E-state index is 0.00131. The van der Waals surface area contributed by atoms with Gasteiger partial charge in [-0.3, -0.25) is 4.79 Å². The van der Waals surface area contributed by atoms with Crippen molar-refractivity contribution in [3.8, 4) is 0 Å². The molecule has 4 rings (SSSR count). The highest BCUT2D eigenvalue weighted by atomic mass is 35.5. The normalized spacial score (nSPS) is 22.1. The molecular formula is C20H18ClN3O2S. The van der Waals surface area contributed by atoms with Crippen LogP contribution in [0.15, 0.2) is 64.7 Å². The molecule has 2 aromatic carbocycles. The third-order valence-corrected chi connectivity index (χ3v) is 5.91. The number of carbonyl (C=O) groups excluding carboxylic acids is 1. The van der Waals surface area contributed by atoms with E-state index in [1.54, 1.807) is 0 Å². The molecule has 1 amide bonds. The Kier molecular flexibility index (Phi) is 5.29. The van der Waals surface area contributed by atoms with E-state index >= 15 is 0 Å². The molecule has 1 N–H and O–H groups in total. The monoisotopic (exact) mass is 399 g/mol. The van der Waals surface area contributed by atoms with Crippen LogP contribution in [0.2, 0.25) is 5.02 Å². The van der Waals surface area contributed by atoms with E-state index in [-0.39, 0.29) is 23.1 Å². The van der Waals surface area contributed by atoms with E-state index in [1.807, 2.05) is 59.6 Å². The lowest BCUT2D eigenvalue weighted by Gasteiger charge is -2.26. The Hall–Kier alpha value is -2.15. The van der Waals surface area contributed by atoms with Gasteiger partial charge in [-0.2, -0.15) is 10.1 Å². The van der Waals surface area contributed by atoms with E-state index in [0.29, 0.717) is 23.7 Å². The standard InChI is InChI=1S/C20H18ClN3O2S/c21-15-8-6-14(7-9-15)17-12-16(13-4-2-1-3-5-13)23-24(17)19-18(10-11-25)27-20(26)22-19/h1-9,17-18,25H,10-12H2/t17-,18-/m0/s1. The topological polar surface area (TPSA) is 65.3 Å². The minimum Gasteiger partial charge on any atom is -0.396 e. The number of aliphatic hydroxyl groups excluding tert-OH is 1. The molecule has 0 bridgehead atoms. The highest BCUT2D eigenvalue weighted by Crippen LogP contribution is 2.38. The SMILES string of the molecule is O=C1N=C(N2N=C(c3ccccc3)C[C@H]2c2ccc(Cl)cc2)[C@H](CCO)S1. The van der Waals surface area contributed by atoms with Crippen LogP contribution in [0.25, 0.3) is 0 Å². The zero-order chi connectivity index (χ0) is 18.8. The molecule has 2 aromatic rings. The van der Waals surface area contributed by atoms with Gasteiger partial charge in [-0.1, -0.05) is 65.8 Å². The van der Waals surface area contributed by atoms with Crippen LogP contribution in [0.3, 0.4) is 0 Å². The first kappa shape index (κ1) is 18.2. The maximum Gasteiger partial charge on any atom is 0.307 e. The van der Waals surface area contributed by atoms with Crippen molar-refractivity contribution in [2.75, 3.05) is 6.61 Å². The molecule has 138 valence electrons. The average Bonchev–Trinajstić information content (AvgIpc) is 3.27. The lowest BCUT2D eigenvalue weighted by atomic mass is 9.98. The van der Waals surface area contributed by atoms with Crippen molar-refractivity contribution >= 4 is 40.1 Å². The second kappa shape index (κ2) is 7.84. The summed E-state index contributed by atoms with van der Waals surface area (Å²) >= 11 is 7.20. The lowest BCUT2D eigenvalue weighted by Crippen LogP contribution is -2.33. The molecule has 5 nitrogen and oxygen atoms in total. The third kappa shape index (κ3) is 3.78. The van der Waals surface area contributed by atoms with E-state index in [9.17, 15) is 9.90 Å². The largest absolute Gasteiger partial charge is 0.396 e. The number of hydrogen-bond acceptors (Lipinski definition) is 5. The summed E-state index contributed by atoms with van der Waals surface area (Å²) in [4.78, 5) is 16.2. The van der Waals surface area contributed by atoms with Crippen molar-refractivity contribution in [3.63, 3.8) is 0 Å². The van der Waals surface area contributed by atoms with E-state index in [0.717, 1.165) is 28.6 Å². The van der Waals surface area contributed by atoms with Crippen LogP contribution in [0.5, 0.6) is 0 Å². The summed E-state index contributed by atoms with van der Waals surface area (Å²) in [6, 6.07) is 17.6. The van der Waals surface area contributed by atoms with Gasteiger partial charge in [0.15, 0.2) is 0 Å². The van der Waals surface area contributed by atoms with Crippen molar-refractivity contribution in [3.05, 3.63) is 70.7 Å². The molecular weight excluding hydrogens is 382 g/mol. The van der Waals surface area contributed by atoms with Gasteiger partial charge < -0.3 is 5.11 Å². The second-order valence-corrected chi connectivity index (χ2v) is 7.97. The Bertz CT molecular complexity index is 899. The summed E-state index contributed by atoms with van der Waals surface area (Å²) in [5, 5.41) is 16.3. The number of aliphatic imine (C=N–C) groups is 1. The van der Waals surface area contributed by atoms with Gasteiger partial charge in [0.1, 0.15) is 5.84 Å². The van der Waals surface area contributed by atoms with Gasteiger partial charge in [0, 0.05) is 18.1 Å². The van der Waals surface area contributed by atoms with E-state index in [4.69, 9.17) is 16.7 Å². The van der Waals surface area contributed by atoms with Gasteiger partial charge in [-0.15, -0.1) is 0 Å². The Morgan fingerprint density at radius 2 is 1.89 bits per heavy atom. The van der Waals surface area contributed by atoms with Crippen molar-refractivity contribution in [1.82, 2.24) is 5.01 Å². The predicted octanol–water partition coefficient (Wildman–Crippen LogP) is 4.51. The maximum absolute atomic E-state index is 11.9. The number of hydrogen-bond donors (Lipinski definition) is 1. The Morgan fingerprint density at radius 1 is 1.15 bits per heavy atom. The average molecular weight is 400 g/mol. The molecule has 0 radical (unpaired) electrons. The van der Waals surface area contributed by atoms with Gasteiger partial charge in [0.2, 0.25) is 0 Å². The second-order valence-electron chi connectivity index (χ2n) is 6.38. The van der Waals surface area contributed by atoms with Crippen LogP contribution in [-0.4, -0.2) is 38.8 Å². The molecule has 0 spiro atoms. The summed E-state index contributed by atoms with van der Waals surface area (Å²) in [7, 11) is 0. The summed E-state index contributed by atoms with van der Waals surface area (Å²) in [5.41, 5.74) is 3.06. The maximum atomic E-state index is 11.9. The molecule has 2 atom stereocenters. The van der Waals surface area contributed by atoms with Crippen LogP contribution in [-0.2, 0) is 0 Å². The highest BCUT2D eigenvalue weighted by Gasteiger charge is 2.39. The molecule has 7 heteroatoms. The first-order valence-electron chi connectivity index (χ1n) is 8.73. The Morgan fingerprint density at radius 3 is 2.59 bits per heavy atom. The zero-order valence-corrected chi connectivity index (χ0v) is 16.0.